The second kappa shape index (κ2) is 5.70. The van der Waals surface area contributed by atoms with E-state index in [9.17, 15) is 4.79 Å². The van der Waals surface area contributed by atoms with Gasteiger partial charge in [0.2, 0.25) is 0 Å². The number of amides is 1. The molecule has 3 aliphatic rings. The molecule has 7 heteroatoms. The Balaban J connectivity index is 1.78. The van der Waals surface area contributed by atoms with Crippen LogP contribution in [0.4, 0.5) is 11.4 Å². The number of nitrogen functional groups attached to an aromatic ring is 2. The highest BCUT2D eigenvalue weighted by molar-refractivity contribution is 6.31. The molecule has 1 fully saturated rings. The molecule has 5 N–H and O–H groups in total. The first-order valence-electron chi connectivity index (χ1n) is 11.7. The number of carbonyl (C=O) groups excluding carboxylic acids is 1. The van der Waals surface area contributed by atoms with Gasteiger partial charge in [0.15, 0.2) is 5.72 Å². The van der Waals surface area contributed by atoms with E-state index in [-0.39, 0.29) is 12.1 Å². The van der Waals surface area contributed by atoms with E-state index >= 15 is 0 Å². The number of ether oxygens (including phenoxy) is 1. The van der Waals surface area contributed by atoms with E-state index in [0.717, 1.165) is 60.3 Å². The van der Waals surface area contributed by atoms with Crippen LogP contribution in [0.15, 0.2) is 60.7 Å². The zero-order valence-electron chi connectivity index (χ0n) is 19.2. The minimum atomic E-state index is -0.855. The molecule has 2 aromatic heterocycles. The predicted molar refractivity (Wildman–Crippen MR) is 139 cm³/mol. The van der Waals surface area contributed by atoms with Crippen molar-refractivity contribution < 1.29 is 9.53 Å². The first-order chi connectivity index (χ1) is 16.8. The van der Waals surface area contributed by atoms with Crippen LogP contribution in [0.1, 0.15) is 35.5 Å². The number of benzene rings is 3. The van der Waals surface area contributed by atoms with Crippen LogP contribution >= 0.6 is 0 Å². The van der Waals surface area contributed by atoms with Crippen LogP contribution in [-0.4, -0.2) is 15.0 Å². The van der Waals surface area contributed by atoms with Crippen molar-refractivity contribution in [1.82, 2.24) is 14.5 Å². The Kier molecular flexibility index (Phi) is 3.11. The number of carbonyl (C=O) groups is 1. The van der Waals surface area contributed by atoms with Gasteiger partial charge in [-0.15, -0.1) is 0 Å². The smallest absolute Gasteiger partial charge is 0.252 e. The molecule has 35 heavy (non-hydrogen) atoms. The van der Waals surface area contributed by atoms with E-state index in [0.29, 0.717) is 29.9 Å². The lowest BCUT2D eigenvalue weighted by molar-refractivity contribution is -0.142. The molecule has 0 saturated carbocycles. The molecule has 8 rings (SSSR count). The summed E-state index contributed by atoms with van der Waals surface area (Å²) in [6, 6.07) is 11.8. The number of rotatable bonds is 0. The lowest BCUT2D eigenvalue weighted by Gasteiger charge is -2.42. The molecule has 2 atom stereocenters. The Morgan fingerprint density at radius 1 is 1.03 bits per heavy atom. The van der Waals surface area contributed by atoms with E-state index in [1.54, 1.807) is 0 Å². The van der Waals surface area contributed by atoms with Gasteiger partial charge < -0.3 is 30.7 Å². The van der Waals surface area contributed by atoms with Crippen molar-refractivity contribution >= 4 is 60.9 Å². The van der Waals surface area contributed by atoms with Crippen LogP contribution in [0.2, 0.25) is 0 Å². The van der Waals surface area contributed by atoms with E-state index in [1.807, 2.05) is 36.4 Å². The number of hydrogen-bond donors (Lipinski definition) is 3. The van der Waals surface area contributed by atoms with Crippen LogP contribution in [0.25, 0.3) is 43.6 Å². The summed E-state index contributed by atoms with van der Waals surface area (Å²) in [6.07, 6.45) is 0.300. The molecule has 3 aliphatic heterocycles. The van der Waals surface area contributed by atoms with Gasteiger partial charge in [0, 0.05) is 51.5 Å². The Hall–Kier alpha value is -4.23. The molecular formula is C28H23N5O2. The topological polar surface area (TPSA) is 100 Å². The lowest BCUT2D eigenvalue weighted by atomic mass is 9.92. The minimum absolute atomic E-state index is 0.0682. The third-order valence-corrected chi connectivity index (χ3v) is 8.24. The van der Waals surface area contributed by atoms with Gasteiger partial charge >= 0.3 is 0 Å². The maximum atomic E-state index is 13.3. The Morgan fingerprint density at radius 3 is 2.46 bits per heavy atom. The Bertz CT molecular complexity index is 1910. The second-order valence-electron chi connectivity index (χ2n) is 10.1. The molecule has 0 spiro atoms. The quantitative estimate of drug-likeness (QED) is 0.282. The maximum absolute atomic E-state index is 13.3. The number of nitrogens with two attached hydrogens (primary N) is 2. The van der Waals surface area contributed by atoms with Crippen molar-refractivity contribution in [2.45, 2.75) is 31.8 Å². The molecule has 172 valence electrons. The van der Waals surface area contributed by atoms with Crippen molar-refractivity contribution in [1.29, 1.82) is 0 Å². The SMILES string of the molecule is C=C1CC2OC(C)(C1=C)n1c3ccc(N)cc3c3c4c(c5c6cc(N)ccc6n2c5c31)C(=O)NC4. The van der Waals surface area contributed by atoms with Gasteiger partial charge in [-0.25, -0.2) is 0 Å². The fraction of sp³-hybridized carbons (Fsp3) is 0.179. The van der Waals surface area contributed by atoms with Crippen LogP contribution in [0, 0.1) is 0 Å². The van der Waals surface area contributed by atoms with Crippen molar-refractivity contribution in [2.24, 2.45) is 0 Å². The highest BCUT2D eigenvalue weighted by atomic mass is 16.5. The highest BCUT2D eigenvalue weighted by Gasteiger charge is 2.47. The summed E-state index contributed by atoms with van der Waals surface area (Å²) in [6.45, 7) is 11.3. The Morgan fingerprint density at radius 2 is 1.71 bits per heavy atom. The summed E-state index contributed by atoms with van der Waals surface area (Å²) in [5.74, 6) is -0.0682. The van der Waals surface area contributed by atoms with Crippen LogP contribution in [-0.2, 0) is 17.0 Å². The van der Waals surface area contributed by atoms with Crippen LogP contribution in [0.3, 0.4) is 0 Å². The standard InChI is InChI=1S/C28H23N5O2/c1-12-8-21-32-19-6-4-14(29)9-16(19)23-24-18(11-31-27(24)34)22-17-10-15(30)5-7-20(17)33(26(22)25(23)32)28(3,35-21)13(12)2/h4-7,9-10,21H,1-2,8,11,29-30H2,3H3,(H,31,34). The molecule has 0 radical (unpaired) electrons. The summed E-state index contributed by atoms with van der Waals surface area (Å²) in [5.41, 5.74) is 20.5. The summed E-state index contributed by atoms with van der Waals surface area (Å²) >= 11 is 0. The zero-order chi connectivity index (χ0) is 24.0. The van der Waals surface area contributed by atoms with Crippen molar-refractivity contribution in [2.75, 3.05) is 11.5 Å². The predicted octanol–water partition coefficient (Wildman–Crippen LogP) is 5.03. The molecule has 5 aromatic rings. The molecule has 0 aliphatic carbocycles. The summed E-state index contributed by atoms with van der Waals surface area (Å²) in [7, 11) is 0. The highest BCUT2D eigenvalue weighted by Crippen LogP contribution is 2.55. The summed E-state index contributed by atoms with van der Waals surface area (Å²) < 4.78 is 11.4. The van der Waals surface area contributed by atoms with E-state index in [1.165, 1.54) is 0 Å². The number of fused-ring (bicyclic) bond motifs is 13. The molecule has 7 nitrogen and oxygen atoms in total. The zero-order valence-corrected chi connectivity index (χ0v) is 19.2. The lowest BCUT2D eigenvalue weighted by Crippen LogP contribution is -2.40. The average molecular weight is 462 g/mol. The van der Waals surface area contributed by atoms with Crippen LogP contribution in [0.5, 0.6) is 0 Å². The largest absolute Gasteiger partial charge is 0.399 e. The molecule has 2 bridgehead atoms. The second-order valence-corrected chi connectivity index (χ2v) is 10.1. The minimum Gasteiger partial charge on any atom is -0.399 e. The molecule has 3 aromatic carbocycles. The molecule has 1 saturated heterocycles. The fourth-order valence-corrected chi connectivity index (χ4v) is 6.73. The number of hydrogen-bond acceptors (Lipinski definition) is 4. The molecule has 2 unspecified atom stereocenters. The summed E-state index contributed by atoms with van der Waals surface area (Å²) in [4.78, 5) is 13.3. The first kappa shape index (κ1) is 19.1. The normalized spacial score (nSPS) is 23.1. The number of anilines is 2. The Labute approximate surface area is 200 Å². The van der Waals surface area contributed by atoms with E-state index in [4.69, 9.17) is 16.2 Å². The third kappa shape index (κ3) is 1.98. The van der Waals surface area contributed by atoms with E-state index in [2.05, 4.69) is 34.5 Å². The van der Waals surface area contributed by atoms with Crippen molar-refractivity contribution in [3.8, 4) is 0 Å². The van der Waals surface area contributed by atoms with Gasteiger partial charge in [-0.2, -0.15) is 0 Å². The van der Waals surface area contributed by atoms with Gasteiger partial charge in [-0.3, -0.25) is 4.79 Å². The number of nitrogens with one attached hydrogen (secondary N) is 1. The molecule has 1 amide bonds. The van der Waals surface area contributed by atoms with Crippen molar-refractivity contribution in [3.05, 3.63) is 71.8 Å². The third-order valence-electron chi connectivity index (χ3n) is 8.24. The van der Waals surface area contributed by atoms with Gasteiger partial charge in [0.05, 0.1) is 27.6 Å². The van der Waals surface area contributed by atoms with E-state index < -0.39 is 5.72 Å². The summed E-state index contributed by atoms with van der Waals surface area (Å²) in [5, 5.41) is 6.97. The van der Waals surface area contributed by atoms with Gasteiger partial charge in [-0.1, -0.05) is 13.2 Å². The fourth-order valence-electron chi connectivity index (χ4n) is 6.73. The number of aromatic nitrogens is 2. The first-order valence-corrected chi connectivity index (χ1v) is 11.7. The average Bonchev–Trinajstić information content (AvgIpc) is 3.44. The van der Waals surface area contributed by atoms with Gasteiger partial charge in [0.1, 0.15) is 6.23 Å². The molecule has 5 heterocycles. The van der Waals surface area contributed by atoms with Gasteiger partial charge in [-0.05, 0) is 54.5 Å². The van der Waals surface area contributed by atoms with Crippen LogP contribution < -0.4 is 16.8 Å². The monoisotopic (exact) mass is 461 g/mol. The van der Waals surface area contributed by atoms with Crippen molar-refractivity contribution in [3.63, 3.8) is 0 Å². The maximum Gasteiger partial charge on any atom is 0.252 e. The molecular weight excluding hydrogens is 438 g/mol. The number of nitrogens with zero attached hydrogens (tertiary/aromatic N) is 2. The van der Waals surface area contributed by atoms with Gasteiger partial charge in [0.25, 0.3) is 5.91 Å².